The van der Waals surface area contributed by atoms with Crippen molar-refractivity contribution in [3.05, 3.63) is 16.2 Å². The molecule has 1 aliphatic rings. The lowest BCUT2D eigenvalue weighted by atomic mass is 9.96. The SMILES string of the molecule is Cc1c(N)cnc(N2CCC(C(N)=O)CC2)c1Br. The molecule has 0 spiro atoms. The maximum absolute atomic E-state index is 11.1. The molecule has 6 heteroatoms. The second kappa shape index (κ2) is 5.14. The van der Waals surface area contributed by atoms with Gasteiger partial charge in [0.05, 0.1) is 16.4 Å². The normalized spacial score (nSPS) is 16.9. The number of hydrogen-bond acceptors (Lipinski definition) is 4. The number of piperidine rings is 1. The van der Waals surface area contributed by atoms with E-state index < -0.39 is 0 Å². The molecule has 1 saturated heterocycles. The van der Waals surface area contributed by atoms with E-state index in [4.69, 9.17) is 11.5 Å². The topological polar surface area (TPSA) is 85.2 Å². The summed E-state index contributed by atoms with van der Waals surface area (Å²) in [6.07, 6.45) is 3.25. The first-order valence-electron chi connectivity index (χ1n) is 5.95. The van der Waals surface area contributed by atoms with Gasteiger partial charge in [0.25, 0.3) is 0 Å². The number of anilines is 2. The van der Waals surface area contributed by atoms with E-state index in [2.05, 4.69) is 25.8 Å². The molecule has 2 heterocycles. The second-order valence-corrected chi connectivity index (χ2v) is 5.43. The van der Waals surface area contributed by atoms with Gasteiger partial charge in [0, 0.05) is 19.0 Å². The molecule has 0 aromatic carbocycles. The van der Waals surface area contributed by atoms with Gasteiger partial charge >= 0.3 is 0 Å². The number of carbonyl (C=O) groups is 1. The smallest absolute Gasteiger partial charge is 0.220 e. The standard InChI is InChI=1S/C12H17BrN4O/c1-7-9(14)6-16-12(10(7)13)17-4-2-8(3-5-17)11(15)18/h6,8H,2-5,14H2,1H3,(H2,15,18). The zero-order chi connectivity index (χ0) is 13.3. The van der Waals surface area contributed by atoms with Crippen molar-refractivity contribution in [2.45, 2.75) is 19.8 Å². The van der Waals surface area contributed by atoms with Crippen molar-refractivity contribution in [2.75, 3.05) is 23.7 Å². The van der Waals surface area contributed by atoms with Crippen LogP contribution in [0.25, 0.3) is 0 Å². The lowest BCUT2D eigenvalue weighted by Gasteiger charge is -2.32. The first-order chi connectivity index (χ1) is 8.50. The Morgan fingerprint density at radius 1 is 1.50 bits per heavy atom. The van der Waals surface area contributed by atoms with E-state index in [-0.39, 0.29) is 11.8 Å². The fraction of sp³-hybridized carbons (Fsp3) is 0.500. The summed E-state index contributed by atoms with van der Waals surface area (Å²) in [5.74, 6) is 0.690. The highest BCUT2D eigenvalue weighted by Gasteiger charge is 2.25. The number of nitrogens with two attached hydrogens (primary N) is 2. The number of rotatable bonds is 2. The molecule has 1 aromatic heterocycles. The Labute approximate surface area is 115 Å². The molecule has 18 heavy (non-hydrogen) atoms. The van der Waals surface area contributed by atoms with E-state index >= 15 is 0 Å². The van der Waals surface area contributed by atoms with Crippen molar-refractivity contribution in [1.29, 1.82) is 0 Å². The van der Waals surface area contributed by atoms with Gasteiger partial charge in [-0.05, 0) is 41.3 Å². The maximum Gasteiger partial charge on any atom is 0.220 e. The van der Waals surface area contributed by atoms with Crippen LogP contribution in [-0.2, 0) is 4.79 Å². The minimum Gasteiger partial charge on any atom is -0.397 e. The summed E-state index contributed by atoms with van der Waals surface area (Å²) >= 11 is 3.53. The highest BCUT2D eigenvalue weighted by molar-refractivity contribution is 9.10. The fourth-order valence-corrected chi connectivity index (χ4v) is 2.76. The van der Waals surface area contributed by atoms with Gasteiger partial charge in [0.2, 0.25) is 5.91 Å². The molecule has 0 saturated carbocycles. The van der Waals surface area contributed by atoms with Crippen molar-refractivity contribution in [3.63, 3.8) is 0 Å². The quantitative estimate of drug-likeness (QED) is 0.865. The number of nitrogens with zero attached hydrogens (tertiary/aromatic N) is 2. The Morgan fingerprint density at radius 3 is 2.67 bits per heavy atom. The van der Waals surface area contributed by atoms with Crippen LogP contribution in [0, 0.1) is 12.8 Å². The van der Waals surface area contributed by atoms with E-state index in [0.29, 0.717) is 5.69 Å². The molecular weight excluding hydrogens is 296 g/mol. The summed E-state index contributed by atoms with van der Waals surface area (Å²) in [6, 6.07) is 0. The summed E-state index contributed by atoms with van der Waals surface area (Å²) in [5, 5.41) is 0. The molecule has 0 bridgehead atoms. The lowest BCUT2D eigenvalue weighted by molar-refractivity contribution is -0.122. The van der Waals surface area contributed by atoms with Crippen molar-refractivity contribution in [3.8, 4) is 0 Å². The zero-order valence-electron chi connectivity index (χ0n) is 10.3. The van der Waals surface area contributed by atoms with Gasteiger partial charge in [0.15, 0.2) is 0 Å². The van der Waals surface area contributed by atoms with Crippen LogP contribution in [0.15, 0.2) is 10.7 Å². The van der Waals surface area contributed by atoms with E-state index in [1.807, 2.05) is 6.92 Å². The van der Waals surface area contributed by atoms with Gasteiger partial charge in [-0.25, -0.2) is 4.98 Å². The van der Waals surface area contributed by atoms with Crippen molar-refractivity contribution in [2.24, 2.45) is 11.7 Å². The van der Waals surface area contributed by atoms with Gasteiger partial charge in [-0.3, -0.25) is 4.79 Å². The van der Waals surface area contributed by atoms with Crippen LogP contribution in [-0.4, -0.2) is 24.0 Å². The van der Waals surface area contributed by atoms with Gasteiger partial charge in [0.1, 0.15) is 5.82 Å². The summed E-state index contributed by atoms with van der Waals surface area (Å²) < 4.78 is 0.931. The van der Waals surface area contributed by atoms with Crippen LogP contribution in [0.3, 0.4) is 0 Å². The number of amides is 1. The Kier molecular flexibility index (Phi) is 3.75. The molecule has 0 unspecified atom stereocenters. The largest absolute Gasteiger partial charge is 0.397 e. The van der Waals surface area contributed by atoms with Crippen LogP contribution in [0.5, 0.6) is 0 Å². The molecule has 1 aromatic rings. The minimum atomic E-state index is -0.199. The lowest BCUT2D eigenvalue weighted by Crippen LogP contribution is -2.39. The third-order valence-corrected chi connectivity index (χ3v) is 4.43. The molecule has 2 rings (SSSR count). The van der Waals surface area contributed by atoms with Crippen LogP contribution in [0.2, 0.25) is 0 Å². The summed E-state index contributed by atoms with van der Waals surface area (Å²) in [5.41, 5.74) is 12.8. The fourth-order valence-electron chi connectivity index (χ4n) is 2.17. The molecule has 4 N–H and O–H groups in total. The van der Waals surface area contributed by atoms with Crippen molar-refractivity contribution < 1.29 is 4.79 Å². The number of nitrogen functional groups attached to an aromatic ring is 1. The predicted molar refractivity (Wildman–Crippen MR) is 75.2 cm³/mol. The highest BCUT2D eigenvalue weighted by Crippen LogP contribution is 2.32. The third-order valence-electron chi connectivity index (χ3n) is 3.48. The van der Waals surface area contributed by atoms with Crippen LogP contribution in [0.4, 0.5) is 11.5 Å². The van der Waals surface area contributed by atoms with E-state index in [1.54, 1.807) is 6.20 Å². The van der Waals surface area contributed by atoms with Crippen LogP contribution >= 0.6 is 15.9 Å². The summed E-state index contributed by atoms with van der Waals surface area (Å²) in [4.78, 5) is 17.7. The van der Waals surface area contributed by atoms with Crippen LogP contribution < -0.4 is 16.4 Å². The maximum atomic E-state index is 11.1. The monoisotopic (exact) mass is 312 g/mol. The highest BCUT2D eigenvalue weighted by atomic mass is 79.9. The number of primary amides is 1. The number of aromatic nitrogens is 1. The van der Waals surface area contributed by atoms with Crippen LogP contribution in [0.1, 0.15) is 18.4 Å². The van der Waals surface area contributed by atoms with Gasteiger partial charge in [-0.2, -0.15) is 0 Å². The number of hydrogen-bond donors (Lipinski definition) is 2. The third kappa shape index (κ3) is 2.43. The van der Waals surface area contributed by atoms with Crippen molar-refractivity contribution in [1.82, 2.24) is 4.98 Å². The number of pyridine rings is 1. The summed E-state index contributed by atoms with van der Waals surface area (Å²) in [6.45, 7) is 3.55. The van der Waals surface area contributed by atoms with Crippen molar-refractivity contribution >= 4 is 33.3 Å². The van der Waals surface area contributed by atoms with Gasteiger partial charge in [-0.1, -0.05) is 0 Å². The van der Waals surface area contributed by atoms with E-state index in [0.717, 1.165) is 41.8 Å². The molecule has 1 aliphatic heterocycles. The first-order valence-corrected chi connectivity index (χ1v) is 6.75. The Balaban J connectivity index is 2.15. The molecule has 1 amide bonds. The molecule has 5 nitrogen and oxygen atoms in total. The number of carbonyl (C=O) groups excluding carboxylic acids is 1. The Hall–Kier alpha value is -1.30. The second-order valence-electron chi connectivity index (χ2n) is 4.64. The molecule has 1 fully saturated rings. The van der Waals surface area contributed by atoms with E-state index in [9.17, 15) is 4.79 Å². The summed E-state index contributed by atoms with van der Waals surface area (Å²) in [7, 11) is 0. The average molecular weight is 313 g/mol. The zero-order valence-corrected chi connectivity index (χ0v) is 11.9. The molecular formula is C12H17BrN4O. The van der Waals surface area contributed by atoms with Gasteiger partial charge < -0.3 is 16.4 Å². The molecule has 0 aliphatic carbocycles. The molecule has 98 valence electrons. The first kappa shape index (κ1) is 13.1. The number of halogens is 1. The van der Waals surface area contributed by atoms with Gasteiger partial charge in [-0.15, -0.1) is 0 Å². The Morgan fingerprint density at radius 2 is 2.11 bits per heavy atom. The molecule has 0 radical (unpaired) electrons. The average Bonchev–Trinajstić information content (AvgIpc) is 2.36. The van der Waals surface area contributed by atoms with E-state index in [1.165, 1.54) is 0 Å². The molecule has 0 atom stereocenters. The Bertz CT molecular complexity index is 469. The predicted octanol–water partition coefficient (Wildman–Crippen LogP) is 1.44. The minimum absolute atomic E-state index is 0.00472.